The Labute approximate surface area is 125 Å². The van der Waals surface area contributed by atoms with E-state index in [1.165, 1.54) is 5.56 Å². The second-order valence-electron chi connectivity index (χ2n) is 5.37. The number of aliphatic carboxylic acids is 1. The van der Waals surface area contributed by atoms with Crippen LogP contribution in [-0.2, 0) is 16.0 Å². The third-order valence-electron chi connectivity index (χ3n) is 3.96. The normalized spacial score (nSPS) is 16.3. The number of hydrogen-bond donors (Lipinski definition) is 1. The third-order valence-corrected chi connectivity index (χ3v) is 3.96. The quantitative estimate of drug-likeness (QED) is 0.866. The van der Waals surface area contributed by atoms with Crippen molar-refractivity contribution in [1.29, 1.82) is 0 Å². The zero-order chi connectivity index (χ0) is 15.2. The Morgan fingerprint density at radius 1 is 1.24 bits per heavy atom. The van der Waals surface area contributed by atoms with Gasteiger partial charge in [-0.1, -0.05) is 31.2 Å². The van der Waals surface area contributed by atoms with Gasteiger partial charge in [-0.3, -0.25) is 9.59 Å². The molecule has 0 unspecified atom stereocenters. The average Bonchev–Trinajstić information content (AvgIpc) is 2.53. The van der Waals surface area contributed by atoms with Gasteiger partial charge in [-0.25, -0.2) is 0 Å². The molecule has 1 aromatic rings. The van der Waals surface area contributed by atoms with Crippen LogP contribution >= 0.6 is 0 Å². The standard InChI is InChI=1S/C17H21NO3/c1-2-13-3-5-14(6-4-13)7-8-16(19)18-11-9-15(10-12-18)17(20)21/h3-8,15H,2,9-12H2,1H3,(H,20,21)/b8-7+. The number of carboxylic acid groups (broad SMARTS) is 1. The molecule has 0 aliphatic carbocycles. The van der Waals surface area contributed by atoms with Crippen LogP contribution in [0.3, 0.4) is 0 Å². The molecule has 4 nitrogen and oxygen atoms in total. The molecule has 0 bridgehead atoms. The number of benzene rings is 1. The molecule has 1 N–H and O–H groups in total. The Hall–Kier alpha value is -2.10. The molecule has 21 heavy (non-hydrogen) atoms. The molecule has 0 radical (unpaired) electrons. The van der Waals surface area contributed by atoms with E-state index in [1.54, 1.807) is 11.0 Å². The van der Waals surface area contributed by atoms with Crippen LogP contribution in [0.1, 0.15) is 30.9 Å². The molecule has 1 heterocycles. The van der Waals surface area contributed by atoms with Gasteiger partial charge in [0.1, 0.15) is 0 Å². The maximum atomic E-state index is 12.1. The van der Waals surface area contributed by atoms with Crippen molar-refractivity contribution in [1.82, 2.24) is 4.90 Å². The minimum Gasteiger partial charge on any atom is -0.481 e. The Morgan fingerprint density at radius 3 is 2.38 bits per heavy atom. The predicted octanol–water partition coefficient (Wildman–Crippen LogP) is 2.59. The first-order valence-corrected chi connectivity index (χ1v) is 7.39. The van der Waals surface area contributed by atoms with Crippen molar-refractivity contribution in [3.05, 3.63) is 41.5 Å². The van der Waals surface area contributed by atoms with Crippen LogP contribution in [0.4, 0.5) is 0 Å². The van der Waals surface area contributed by atoms with Crippen LogP contribution in [0.15, 0.2) is 30.3 Å². The van der Waals surface area contributed by atoms with Crippen molar-refractivity contribution in [2.45, 2.75) is 26.2 Å². The van der Waals surface area contributed by atoms with Crippen LogP contribution in [0.25, 0.3) is 6.08 Å². The second-order valence-corrected chi connectivity index (χ2v) is 5.37. The summed E-state index contributed by atoms with van der Waals surface area (Å²) < 4.78 is 0. The van der Waals surface area contributed by atoms with Crippen LogP contribution in [0, 0.1) is 5.92 Å². The number of likely N-dealkylation sites (tertiary alicyclic amines) is 1. The molecule has 1 saturated heterocycles. The van der Waals surface area contributed by atoms with Crippen molar-refractivity contribution in [3.63, 3.8) is 0 Å². The molecular formula is C17H21NO3. The number of piperidine rings is 1. The predicted molar refractivity (Wildman–Crippen MR) is 81.8 cm³/mol. The molecule has 1 aliphatic rings. The smallest absolute Gasteiger partial charge is 0.306 e. The Morgan fingerprint density at radius 2 is 1.86 bits per heavy atom. The van der Waals surface area contributed by atoms with Gasteiger partial charge in [0.2, 0.25) is 5.91 Å². The maximum Gasteiger partial charge on any atom is 0.306 e. The van der Waals surface area contributed by atoms with E-state index in [0.717, 1.165) is 12.0 Å². The lowest BCUT2D eigenvalue weighted by Gasteiger charge is -2.29. The van der Waals surface area contributed by atoms with Gasteiger partial charge < -0.3 is 10.0 Å². The minimum absolute atomic E-state index is 0.0431. The highest BCUT2D eigenvalue weighted by atomic mass is 16.4. The molecule has 1 fully saturated rings. The Bertz CT molecular complexity index is 525. The van der Waals surface area contributed by atoms with Crippen molar-refractivity contribution in [2.75, 3.05) is 13.1 Å². The topological polar surface area (TPSA) is 57.6 Å². The summed E-state index contributed by atoms with van der Waals surface area (Å²) in [5, 5.41) is 8.94. The van der Waals surface area contributed by atoms with Gasteiger partial charge in [0.05, 0.1) is 5.92 Å². The average molecular weight is 287 g/mol. The summed E-state index contributed by atoms with van der Waals surface area (Å²) in [4.78, 5) is 24.7. The van der Waals surface area contributed by atoms with E-state index in [0.29, 0.717) is 25.9 Å². The second kappa shape index (κ2) is 7.07. The van der Waals surface area contributed by atoms with Crippen LogP contribution < -0.4 is 0 Å². The molecule has 2 rings (SSSR count). The van der Waals surface area contributed by atoms with Gasteiger partial charge in [-0.15, -0.1) is 0 Å². The Kier molecular flexibility index (Phi) is 5.14. The van der Waals surface area contributed by atoms with Gasteiger partial charge in [-0.2, -0.15) is 0 Å². The number of carboxylic acids is 1. The monoisotopic (exact) mass is 287 g/mol. The fourth-order valence-electron chi connectivity index (χ4n) is 2.48. The van der Waals surface area contributed by atoms with Gasteiger partial charge >= 0.3 is 5.97 Å². The van der Waals surface area contributed by atoms with Crippen molar-refractivity contribution < 1.29 is 14.7 Å². The van der Waals surface area contributed by atoms with E-state index >= 15 is 0 Å². The largest absolute Gasteiger partial charge is 0.481 e. The van der Waals surface area contributed by atoms with Crippen molar-refractivity contribution in [2.24, 2.45) is 5.92 Å². The number of carbonyl (C=O) groups excluding carboxylic acids is 1. The fourth-order valence-corrected chi connectivity index (χ4v) is 2.48. The molecule has 4 heteroatoms. The van der Waals surface area contributed by atoms with E-state index in [-0.39, 0.29) is 11.8 Å². The van der Waals surface area contributed by atoms with E-state index in [9.17, 15) is 9.59 Å². The van der Waals surface area contributed by atoms with Gasteiger partial charge in [0.15, 0.2) is 0 Å². The minimum atomic E-state index is -0.756. The molecule has 1 amide bonds. The molecule has 1 aromatic carbocycles. The van der Waals surface area contributed by atoms with Crippen molar-refractivity contribution >= 4 is 18.0 Å². The highest BCUT2D eigenvalue weighted by molar-refractivity contribution is 5.92. The zero-order valence-electron chi connectivity index (χ0n) is 12.3. The SMILES string of the molecule is CCc1ccc(/C=C/C(=O)N2CCC(C(=O)O)CC2)cc1. The van der Waals surface area contributed by atoms with Crippen LogP contribution in [0.5, 0.6) is 0 Å². The van der Waals surface area contributed by atoms with Gasteiger partial charge in [-0.05, 0) is 36.5 Å². The van der Waals surface area contributed by atoms with Gasteiger partial charge in [0.25, 0.3) is 0 Å². The highest BCUT2D eigenvalue weighted by Crippen LogP contribution is 2.17. The molecule has 1 aliphatic heterocycles. The summed E-state index contributed by atoms with van der Waals surface area (Å²) in [7, 11) is 0. The molecular weight excluding hydrogens is 266 g/mol. The highest BCUT2D eigenvalue weighted by Gasteiger charge is 2.25. The number of nitrogens with zero attached hydrogens (tertiary/aromatic N) is 1. The summed E-state index contributed by atoms with van der Waals surface area (Å²) in [6.45, 7) is 3.15. The summed E-state index contributed by atoms with van der Waals surface area (Å²) >= 11 is 0. The number of aryl methyl sites for hydroxylation is 1. The molecule has 0 saturated carbocycles. The van der Waals surface area contributed by atoms with E-state index in [2.05, 4.69) is 19.1 Å². The number of amides is 1. The molecule has 0 spiro atoms. The molecule has 0 atom stereocenters. The summed E-state index contributed by atoms with van der Waals surface area (Å²) in [5.41, 5.74) is 2.27. The summed E-state index contributed by atoms with van der Waals surface area (Å²) in [6, 6.07) is 8.11. The third kappa shape index (κ3) is 4.18. The number of rotatable bonds is 4. The van der Waals surface area contributed by atoms with E-state index < -0.39 is 5.97 Å². The fraction of sp³-hybridized carbons (Fsp3) is 0.412. The molecule has 0 aromatic heterocycles. The Balaban J connectivity index is 1.89. The van der Waals surface area contributed by atoms with E-state index in [4.69, 9.17) is 5.11 Å². The van der Waals surface area contributed by atoms with E-state index in [1.807, 2.05) is 18.2 Å². The lowest BCUT2D eigenvalue weighted by Crippen LogP contribution is -2.39. The zero-order valence-corrected chi connectivity index (χ0v) is 12.3. The summed E-state index contributed by atoms with van der Waals surface area (Å²) in [5.74, 6) is -1.10. The summed E-state index contributed by atoms with van der Waals surface area (Å²) in [6.07, 6.45) is 5.47. The number of carbonyl (C=O) groups is 2. The van der Waals surface area contributed by atoms with Crippen LogP contribution in [-0.4, -0.2) is 35.0 Å². The van der Waals surface area contributed by atoms with Crippen molar-refractivity contribution in [3.8, 4) is 0 Å². The first kappa shape index (κ1) is 15.3. The van der Waals surface area contributed by atoms with Crippen LogP contribution in [0.2, 0.25) is 0 Å². The molecule has 112 valence electrons. The first-order chi connectivity index (χ1) is 10.1. The van der Waals surface area contributed by atoms with Gasteiger partial charge in [0, 0.05) is 19.2 Å². The number of hydrogen-bond acceptors (Lipinski definition) is 2. The lowest BCUT2D eigenvalue weighted by atomic mass is 9.97. The maximum absolute atomic E-state index is 12.1. The lowest BCUT2D eigenvalue weighted by molar-refractivity contribution is -0.144. The first-order valence-electron chi connectivity index (χ1n) is 7.39.